The number of anilines is 5. The Morgan fingerprint density at radius 1 is 0.828 bits per heavy atom. The lowest BCUT2D eigenvalue weighted by Gasteiger charge is -2.34. The van der Waals surface area contributed by atoms with E-state index in [2.05, 4.69) is 61.7 Å². The molecule has 0 amide bonds. The summed E-state index contributed by atoms with van der Waals surface area (Å²) < 4.78 is 13.4. The van der Waals surface area contributed by atoms with Crippen molar-refractivity contribution in [3.63, 3.8) is 0 Å². The fraction of sp³-hybridized carbons (Fsp3) is 0.273. The zero-order valence-corrected chi connectivity index (χ0v) is 16.7. The molecule has 29 heavy (non-hydrogen) atoms. The third-order valence-electron chi connectivity index (χ3n) is 4.94. The molecule has 0 unspecified atom stereocenters. The molecule has 0 spiro atoms. The van der Waals surface area contributed by atoms with Crippen molar-refractivity contribution < 1.29 is 4.39 Å². The summed E-state index contributed by atoms with van der Waals surface area (Å²) in [5.41, 5.74) is 2.83. The number of likely N-dealkylation sites (N-methyl/N-ethyl adjacent to an activating group) is 1. The summed E-state index contributed by atoms with van der Waals surface area (Å²) in [6.45, 7) is 6.09. The van der Waals surface area contributed by atoms with Crippen molar-refractivity contribution in [2.24, 2.45) is 0 Å². The topological polar surface area (TPSA) is 56.3 Å². The van der Waals surface area contributed by atoms with Gasteiger partial charge in [0.15, 0.2) is 0 Å². The fourth-order valence-corrected chi connectivity index (χ4v) is 3.38. The van der Waals surface area contributed by atoms with E-state index in [-0.39, 0.29) is 5.82 Å². The van der Waals surface area contributed by atoms with Crippen molar-refractivity contribution in [2.45, 2.75) is 6.92 Å². The van der Waals surface area contributed by atoms with Crippen LogP contribution in [0.4, 0.5) is 33.1 Å². The molecule has 2 aromatic carbocycles. The molecule has 150 valence electrons. The van der Waals surface area contributed by atoms with E-state index in [1.54, 1.807) is 12.1 Å². The summed E-state index contributed by atoms with van der Waals surface area (Å²) >= 11 is 0. The lowest BCUT2D eigenvalue weighted by Crippen LogP contribution is -2.44. The van der Waals surface area contributed by atoms with Gasteiger partial charge in [-0.1, -0.05) is 6.07 Å². The molecule has 1 aliphatic heterocycles. The number of aryl methyl sites for hydroxylation is 1. The van der Waals surface area contributed by atoms with Crippen LogP contribution in [0.5, 0.6) is 0 Å². The first kappa shape index (κ1) is 19.1. The number of benzene rings is 2. The Bertz CT molecular complexity index is 967. The molecule has 0 bridgehead atoms. The molecule has 0 atom stereocenters. The monoisotopic (exact) mass is 392 g/mol. The lowest BCUT2D eigenvalue weighted by molar-refractivity contribution is 0.313. The smallest absolute Gasteiger partial charge is 0.136 e. The Kier molecular flexibility index (Phi) is 5.57. The van der Waals surface area contributed by atoms with Gasteiger partial charge in [0.1, 0.15) is 23.3 Å². The molecule has 1 saturated heterocycles. The molecule has 0 saturated carbocycles. The van der Waals surface area contributed by atoms with Crippen LogP contribution in [0.25, 0.3) is 0 Å². The van der Waals surface area contributed by atoms with E-state index in [4.69, 9.17) is 0 Å². The van der Waals surface area contributed by atoms with Gasteiger partial charge in [-0.15, -0.1) is 0 Å². The zero-order chi connectivity index (χ0) is 20.2. The highest BCUT2D eigenvalue weighted by Crippen LogP contribution is 2.23. The Morgan fingerprint density at radius 3 is 2.14 bits per heavy atom. The van der Waals surface area contributed by atoms with Gasteiger partial charge < -0.3 is 20.4 Å². The lowest BCUT2D eigenvalue weighted by atomic mass is 10.2. The van der Waals surface area contributed by atoms with Crippen molar-refractivity contribution in [3.8, 4) is 0 Å². The molecule has 2 N–H and O–H groups in total. The number of nitrogens with one attached hydrogen (secondary N) is 2. The minimum Gasteiger partial charge on any atom is -0.369 e. The van der Waals surface area contributed by atoms with E-state index < -0.39 is 0 Å². The molecule has 0 radical (unpaired) electrons. The van der Waals surface area contributed by atoms with E-state index in [1.165, 1.54) is 17.8 Å². The number of halogens is 1. The third-order valence-corrected chi connectivity index (χ3v) is 4.94. The second kappa shape index (κ2) is 8.45. The van der Waals surface area contributed by atoms with Gasteiger partial charge in [0, 0.05) is 49.3 Å². The summed E-state index contributed by atoms with van der Waals surface area (Å²) in [5.74, 6) is 1.63. The van der Waals surface area contributed by atoms with Crippen LogP contribution in [0.15, 0.2) is 54.6 Å². The Labute approximate surface area is 170 Å². The van der Waals surface area contributed by atoms with Crippen LogP contribution in [0.2, 0.25) is 0 Å². The maximum absolute atomic E-state index is 13.4. The second-order valence-electron chi connectivity index (χ2n) is 7.28. The van der Waals surface area contributed by atoms with E-state index in [9.17, 15) is 4.39 Å². The third kappa shape index (κ3) is 5.00. The quantitative estimate of drug-likeness (QED) is 0.680. The van der Waals surface area contributed by atoms with Crippen LogP contribution in [0, 0.1) is 12.7 Å². The first-order chi connectivity index (χ1) is 14.0. The Hall–Kier alpha value is -3.19. The highest BCUT2D eigenvalue weighted by Gasteiger charge is 2.14. The SMILES string of the molecule is Cc1nc(Nc2ccc(N3CCN(C)CC3)cc2)cc(Nc2cccc(F)c2)n1. The standard InChI is InChI=1S/C22H25FN6/c1-16-24-21(15-22(25-16)27-19-5-3-4-17(23)14-19)26-18-6-8-20(9-7-18)29-12-10-28(2)11-13-29/h3-9,14-15H,10-13H2,1-2H3,(H2,24,25,26,27). The molecule has 3 aromatic rings. The largest absolute Gasteiger partial charge is 0.369 e. The maximum atomic E-state index is 13.4. The molecular formula is C22H25FN6. The molecule has 0 aliphatic carbocycles. The van der Waals surface area contributed by atoms with Crippen LogP contribution in [0.1, 0.15) is 5.82 Å². The maximum Gasteiger partial charge on any atom is 0.136 e. The minimum absolute atomic E-state index is 0.292. The summed E-state index contributed by atoms with van der Waals surface area (Å²) in [7, 11) is 2.16. The number of rotatable bonds is 5. The fourth-order valence-electron chi connectivity index (χ4n) is 3.38. The molecule has 1 aromatic heterocycles. The van der Waals surface area contributed by atoms with E-state index >= 15 is 0 Å². The van der Waals surface area contributed by atoms with Crippen LogP contribution >= 0.6 is 0 Å². The molecule has 7 heteroatoms. The van der Waals surface area contributed by atoms with Gasteiger partial charge in [-0.3, -0.25) is 0 Å². The first-order valence-electron chi connectivity index (χ1n) is 9.74. The number of aromatic nitrogens is 2. The Balaban J connectivity index is 1.45. The van der Waals surface area contributed by atoms with E-state index in [0.717, 1.165) is 31.9 Å². The van der Waals surface area contributed by atoms with E-state index in [1.807, 2.05) is 13.0 Å². The summed E-state index contributed by atoms with van der Waals surface area (Å²) in [5, 5.41) is 6.45. The average Bonchev–Trinajstić information content (AvgIpc) is 2.69. The van der Waals surface area contributed by atoms with E-state index in [0.29, 0.717) is 23.1 Å². The van der Waals surface area contributed by atoms with Gasteiger partial charge >= 0.3 is 0 Å². The number of hydrogen-bond donors (Lipinski definition) is 2. The van der Waals surface area contributed by atoms with Crippen molar-refractivity contribution in [1.82, 2.24) is 14.9 Å². The molecule has 2 heterocycles. The van der Waals surface area contributed by atoms with Crippen molar-refractivity contribution in [3.05, 3.63) is 66.2 Å². The Morgan fingerprint density at radius 2 is 1.48 bits per heavy atom. The van der Waals surface area contributed by atoms with Crippen LogP contribution in [0.3, 0.4) is 0 Å². The summed E-state index contributed by atoms with van der Waals surface area (Å²) in [4.78, 5) is 13.6. The zero-order valence-electron chi connectivity index (χ0n) is 16.7. The highest BCUT2D eigenvalue weighted by molar-refractivity contribution is 5.65. The van der Waals surface area contributed by atoms with Crippen molar-refractivity contribution >= 4 is 28.7 Å². The van der Waals surface area contributed by atoms with Crippen LogP contribution < -0.4 is 15.5 Å². The minimum atomic E-state index is -0.292. The van der Waals surface area contributed by atoms with Gasteiger partial charge in [-0.05, 0) is 56.4 Å². The number of piperazine rings is 1. The van der Waals surface area contributed by atoms with Gasteiger partial charge in [-0.2, -0.15) is 0 Å². The molecule has 1 fully saturated rings. The highest BCUT2D eigenvalue weighted by atomic mass is 19.1. The van der Waals surface area contributed by atoms with Gasteiger partial charge in [0.25, 0.3) is 0 Å². The molecular weight excluding hydrogens is 367 g/mol. The van der Waals surface area contributed by atoms with Gasteiger partial charge in [-0.25, -0.2) is 14.4 Å². The molecule has 6 nitrogen and oxygen atoms in total. The number of nitrogens with zero attached hydrogens (tertiary/aromatic N) is 4. The number of hydrogen-bond acceptors (Lipinski definition) is 6. The molecule has 4 rings (SSSR count). The first-order valence-corrected chi connectivity index (χ1v) is 9.74. The van der Waals surface area contributed by atoms with Gasteiger partial charge in [0.2, 0.25) is 0 Å². The van der Waals surface area contributed by atoms with Crippen LogP contribution in [-0.2, 0) is 0 Å². The predicted octanol–water partition coefficient (Wildman–Crippen LogP) is 4.16. The molecule has 1 aliphatic rings. The van der Waals surface area contributed by atoms with Gasteiger partial charge in [0.05, 0.1) is 0 Å². The van der Waals surface area contributed by atoms with Crippen molar-refractivity contribution in [2.75, 3.05) is 48.8 Å². The normalized spacial score (nSPS) is 14.7. The predicted molar refractivity (Wildman–Crippen MR) is 116 cm³/mol. The van der Waals surface area contributed by atoms with Crippen LogP contribution in [-0.4, -0.2) is 48.1 Å². The summed E-state index contributed by atoms with van der Waals surface area (Å²) in [6.07, 6.45) is 0. The van der Waals surface area contributed by atoms with Crippen molar-refractivity contribution in [1.29, 1.82) is 0 Å². The average molecular weight is 392 g/mol. The summed E-state index contributed by atoms with van der Waals surface area (Å²) in [6, 6.07) is 16.5. The second-order valence-corrected chi connectivity index (χ2v) is 7.28.